The highest BCUT2D eigenvalue weighted by Crippen LogP contribution is 2.11. The van der Waals surface area contributed by atoms with Crippen molar-refractivity contribution in [1.29, 1.82) is 0 Å². The topological polar surface area (TPSA) is 64.3 Å². The first-order valence-electron chi connectivity index (χ1n) is 5.47. The molecule has 1 amide bonds. The third-order valence-corrected chi connectivity index (χ3v) is 2.23. The predicted octanol–water partition coefficient (Wildman–Crippen LogP) is 1.51. The van der Waals surface area contributed by atoms with E-state index in [0.29, 0.717) is 5.75 Å². The van der Waals surface area contributed by atoms with Crippen LogP contribution >= 0.6 is 12.4 Å². The fourth-order valence-corrected chi connectivity index (χ4v) is 1.13. The Morgan fingerprint density at radius 3 is 2.47 bits per heavy atom. The van der Waals surface area contributed by atoms with E-state index in [-0.39, 0.29) is 19.0 Å². The van der Waals surface area contributed by atoms with Crippen molar-refractivity contribution in [3.8, 4) is 5.75 Å². The summed E-state index contributed by atoms with van der Waals surface area (Å²) in [5.74, 6) is -3.18. The molecule has 0 saturated carbocycles. The molecule has 0 aliphatic heterocycles. The van der Waals surface area contributed by atoms with Crippen LogP contribution in [0.15, 0.2) is 24.3 Å². The highest BCUT2D eigenvalue weighted by Gasteiger charge is 2.27. The summed E-state index contributed by atoms with van der Waals surface area (Å²) < 4.78 is 30.6. The molecule has 0 heterocycles. The van der Waals surface area contributed by atoms with Crippen molar-refractivity contribution < 1.29 is 18.3 Å². The van der Waals surface area contributed by atoms with E-state index in [0.717, 1.165) is 5.56 Å². The summed E-state index contributed by atoms with van der Waals surface area (Å²) in [4.78, 5) is 11.2. The number of nitrogens with two attached hydrogens (primary N) is 1. The summed E-state index contributed by atoms with van der Waals surface area (Å²) in [7, 11) is 0. The lowest BCUT2D eigenvalue weighted by Gasteiger charge is -2.14. The number of nitrogens with one attached hydrogen (secondary N) is 1. The molecule has 0 unspecified atom stereocenters. The van der Waals surface area contributed by atoms with Gasteiger partial charge in [0.2, 0.25) is 0 Å². The predicted molar refractivity (Wildman–Crippen MR) is 70.9 cm³/mol. The van der Waals surface area contributed by atoms with Crippen molar-refractivity contribution in [3.63, 3.8) is 0 Å². The van der Waals surface area contributed by atoms with Crippen LogP contribution in [0.2, 0.25) is 0 Å². The van der Waals surface area contributed by atoms with Crippen molar-refractivity contribution in [1.82, 2.24) is 5.32 Å². The molecule has 1 rings (SSSR count). The first-order valence-corrected chi connectivity index (χ1v) is 5.47. The van der Waals surface area contributed by atoms with Gasteiger partial charge >= 0.3 is 0 Å². The van der Waals surface area contributed by atoms with E-state index in [2.05, 4.69) is 5.32 Å². The molecule has 19 heavy (non-hydrogen) atoms. The van der Waals surface area contributed by atoms with Crippen molar-refractivity contribution in [2.24, 2.45) is 5.73 Å². The van der Waals surface area contributed by atoms with Gasteiger partial charge in [0, 0.05) is 0 Å². The average molecular weight is 295 g/mol. The normalized spacial score (nSPS) is 10.5. The molecule has 0 bridgehead atoms. The number of carbonyl (C=O) groups excluding carboxylic acids is 1. The van der Waals surface area contributed by atoms with Crippen molar-refractivity contribution in [2.75, 3.05) is 19.7 Å². The van der Waals surface area contributed by atoms with Gasteiger partial charge in [0.1, 0.15) is 5.75 Å². The van der Waals surface area contributed by atoms with Gasteiger partial charge in [0.15, 0.2) is 6.61 Å². The monoisotopic (exact) mass is 294 g/mol. The van der Waals surface area contributed by atoms with Crippen LogP contribution in [0.4, 0.5) is 8.78 Å². The number of ether oxygens (including phenoxy) is 1. The lowest BCUT2D eigenvalue weighted by atomic mass is 10.2. The van der Waals surface area contributed by atoms with E-state index in [1.807, 2.05) is 19.1 Å². The molecule has 0 spiro atoms. The highest BCUT2D eigenvalue weighted by atomic mass is 35.5. The Labute approximate surface area is 116 Å². The Morgan fingerprint density at radius 2 is 1.95 bits per heavy atom. The van der Waals surface area contributed by atoms with E-state index >= 15 is 0 Å². The van der Waals surface area contributed by atoms with Crippen LogP contribution in [-0.2, 0) is 4.79 Å². The van der Waals surface area contributed by atoms with Gasteiger partial charge in [-0.25, -0.2) is 8.78 Å². The number of rotatable bonds is 6. The minimum atomic E-state index is -3.08. The van der Waals surface area contributed by atoms with Gasteiger partial charge in [-0.2, -0.15) is 0 Å². The Balaban J connectivity index is 0.00000324. The number of carbonyl (C=O) groups is 1. The van der Waals surface area contributed by atoms with Gasteiger partial charge in [0.25, 0.3) is 11.8 Å². The minimum absolute atomic E-state index is 0. The van der Waals surface area contributed by atoms with Crippen molar-refractivity contribution in [3.05, 3.63) is 29.8 Å². The number of alkyl halides is 2. The second-order valence-corrected chi connectivity index (χ2v) is 3.94. The molecule has 0 aliphatic rings. The smallest absolute Gasteiger partial charge is 0.277 e. The van der Waals surface area contributed by atoms with E-state index < -0.39 is 24.9 Å². The molecule has 0 atom stereocenters. The molecular weight excluding hydrogens is 278 g/mol. The van der Waals surface area contributed by atoms with Crippen LogP contribution in [0.1, 0.15) is 5.56 Å². The molecule has 0 radical (unpaired) electrons. The zero-order valence-electron chi connectivity index (χ0n) is 10.5. The molecular formula is C12H17ClF2N2O2. The van der Waals surface area contributed by atoms with E-state index in [4.69, 9.17) is 10.5 Å². The molecule has 4 nitrogen and oxygen atoms in total. The maximum absolute atomic E-state index is 12.7. The summed E-state index contributed by atoms with van der Waals surface area (Å²) in [5.41, 5.74) is 5.90. The lowest BCUT2D eigenvalue weighted by Crippen LogP contribution is -2.43. The van der Waals surface area contributed by atoms with Gasteiger partial charge in [0.05, 0.1) is 13.1 Å². The summed E-state index contributed by atoms with van der Waals surface area (Å²) in [5, 5.41) is 2.06. The zero-order valence-corrected chi connectivity index (χ0v) is 11.3. The molecule has 108 valence electrons. The third kappa shape index (κ3) is 6.93. The Bertz CT molecular complexity index is 399. The first kappa shape index (κ1) is 17.6. The minimum Gasteiger partial charge on any atom is -0.484 e. The average Bonchev–Trinajstić information content (AvgIpc) is 2.36. The summed E-state index contributed by atoms with van der Waals surface area (Å²) in [6.45, 7) is 0.0425. The van der Waals surface area contributed by atoms with Crippen LogP contribution in [0.3, 0.4) is 0 Å². The van der Waals surface area contributed by atoms with Crippen LogP contribution < -0.4 is 15.8 Å². The standard InChI is InChI=1S/C12H16F2N2O2.ClH/c1-9-2-4-10(5-3-9)18-6-11(17)16-8-12(13,14)7-15;/h2-5H,6-8,15H2,1H3,(H,16,17);1H. The highest BCUT2D eigenvalue weighted by molar-refractivity contribution is 5.85. The summed E-state index contributed by atoms with van der Waals surface area (Å²) in [6, 6.07) is 7.07. The van der Waals surface area contributed by atoms with Crippen LogP contribution in [0, 0.1) is 6.92 Å². The maximum atomic E-state index is 12.7. The van der Waals surface area contributed by atoms with Crippen LogP contribution in [0.25, 0.3) is 0 Å². The molecule has 7 heteroatoms. The fraction of sp³-hybridized carbons (Fsp3) is 0.417. The first-order chi connectivity index (χ1) is 8.43. The van der Waals surface area contributed by atoms with Crippen molar-refractivity contribution in [2.45, 2.75) is 12.8 Å². The fourth-order valence-electron chi connectivity index (χ4n) is 1.13. The zero-order chi connectivity index (χ0) is 13.6. The molecule has 0 aromatic heterocycles. The number of benzene rings is 1. The van der Waals surface area contributed by atoms with Gasteiger partial charge in [-0.3, -0.25) is 4.79 Å². The Morgan fingerprint density at radius 1 is 1.37 bits per heavy atom. The molecule has 0 fully saturated rings. The molecule has 1 aromatic rings. The summed E-state index contributed by atoms with van der Waals surface area (Å²) >= 11 is 0. The van der Waals surface area contributed by atoms with Crippen LogP contribution in [-0.4, -0.2) is 31.5 Å². The number of aryl methyl sites for hydroxylation is 1. The lowest BCUT2D eigenvalue weighted by molar-refractivity contribution is -0.124. The van der Waals surface area contributed by atoms with Gasteiger partial charge in [-0.15, -0.1) is 12.4 Å². The number of hydrogen-bond acceptors (Lipinski definition) is 3. The SMILES string of the molecule is Cc1ccc(OCC(=O)NCC(F)(F)CN)cc1.Cl. The van der Waals surface area contributed by atoms with Gasteiger partial charge in [-0.1, -0.05) is 17.7 Å². The van der Waals surface area contributed by atoms with Gasteiger partial charge < -0.3 is 15.8 Å². The number of halogens is 3. The van der Waals surface area contributed by atoms with E-state index in [9.17, 15) is 13.6 Å². The number of amides is 1. The summed E-state index contributed by atoms with van der Waals surface area (Å²) in [6.07, 6.45) is 0. The van der Waals surface area contributed by atoms with Crippen molar-refractivity contribution >= 4 is 18.3 Å². The van der Waals surface area contributed by atoms with E-state index in [1.54, 1.807) is 12.1 Å². The molecule has 3 N–H and O–H groups in total. The maximum Gasteiger partial charge on any atom is 0.277 e. The number of hydrogen-bond donors (Lipinski definition) is 2. The third-order valence-electron chi connectivity index (χ3n) is 2.23. The molecule has 1 aromatic carbocycles. The molecule has 0 aliphatic carbocycles. The molecule has 0 saturated heterocycles. The van der Waals surface area contributed by atoms with Crippen LogP contribution in [0.5, 0.6) is 5.75 Å². The Kier molecular flexibility index (Phi) is 7.33. The quantitative estimate of drug-likeness (QED) is 0.836. The Hall–Kier alpha value is -1.40. The van der Waals surface area contributed by atoms with Gasteiger partial charge in [-0.05, 0) is 19.1 Å². The largest absolute Gasteiger partial charge is 0.484 e. The second kappa shape index (κ2) is 7.91. The van der Waals surface area contributed by atoms with E-state index in [1.165, 1.54) is 0 Å². The second-order valence-electron chi connectivity index (χ2n) is 3.94.